The van der Waals surface area contributed by atoms with Gasteiger partial charge >= 0.3 is 5.97 Å². The fourth-order valence-electron chi connectivity index (χ4n) is 8.09. The number of carbonyl (C=O) groups excluding carboxylic acids is 2. The third-order valence-electron chi connectivity index (χ3n) is 9.91. The van der Waals surface area contributed by atoms with Crippen LogP contribution in [0.25, 0.3) is 0 Å². The van der Waals surface area contributed by atoms with Crippen LogP contribution in [0.4, 0.5) is 0 Å². The number of rotatable bonds is 7. The van der Waals surface area contributed by atoms with Crippen LogP contribution in [0.1, 0.15) is 79.1 Å². The highest BCUT2D eigenvalue weighted by atomic mass is 16.6. The summed E-state index contributed by atoms with van der Waals surface area (Å²) in [4.78, 5) is 40.7. The molecule has 4 aliphatic carbocycles. The van der Waals surface area contributed by atoms with E-state index in [0.717, 1.165) is 44.2 Å². The number of carboxylic acid groups (broad SMARTS) is 1. The number of aliphatic hydroxyl groups excluding tert-OH is 1. The summed E-state index contributed by atoms with van der Waals surface area (Å²) >= 11 is 0. The lowest BCUT2D eigenvalue weighted by Crippen LogP contribution is -2.51. The van der Waals surface area contributed by atoms with E-state index in [9.17, 15) is 19.5 Å². The number of nitrogens with one attached hydrogen (secondary N) is 1. The number of oxime groups is 1. The van der Waals surface area contributed by atoms with Crippen molar-refractivity contribution >= 4 is 23.4 Å². The lowest BCUT2D eigenvalue weighted by Gasteiger charge is -2.58. The van der Waals surface area contributed by atoms with Gasteiger partial charge < -0.3 is 20.4 Å². The minimum absolute atomic E-state index is 0.140. The molecule has 8 atom stereocenters. The first-order valence-corrected chi connectivity index (χ1v) is 13.1. The van der Waals surface area contributed by atoms with Gasteiger partial charge in [0.1, 0.15) is 5.78 Å². The Hall–Kier alpha value is -2.22. The Kier molecular flexibility index (Phi) is 7.15. The Bertz CT molecular complexity index is 942. The topological polar surface area (TPSA) is 125 Å². The van der Waals surface area contributed by atoms with Gasteiger partial charge in [0.2, 0.25) is 0 Å². The molecule has 0 saturated heterocycles. The molecule has 1 amide bonds. The molecule has 3 N–H and O–H groups in total. The van der Waals surface area contributed by atoms with Crippen molar-refractivity contribution in [3.05, 3.63) is 11.6 Å². The highest BCUT2D eigenvalue weighted by Crippen LogP contribution is 2.66. The minimum Gasteiger partial charge on any atom is -0.480 e. The summed E-state index contributed by atoms with van der Waals surface area (Å²) in [5, 5.41) is 25.0. The molecule has 0 radical (unpaired) electrons. The normalized spacial score (nSPS) is 38.9. The van der Waals surface area contributed by atoms with Gasteiger partial charge in [0, 0.05) is 5.92 Å². The standard InChI is InChI=1S/C27H40N2O6/c1-15(30)20-7-8-21-19-6-5-17-13-18(9-11-26(17,3)22(19)10-12-27(20,21)4)29-35-14-23(32)28-24(16(2)31)25(33)34/h13,16,19-22,24,31H,5-12,14H2,1-4H3,(H,28,32)(H,33,34)/b29-18+/t16-,19-,20+,21-,22-,24+,26-,27+/m0/s1. The van der Waals surface area contributed by atoms with Gasteiger partial charge in [-0.25, -0.2) is 4.79 Å². The Morgan fingerprint density at radius 3 is 2.54 bits per heavy atom. The summed E-state index contributed by atoms with van der Waals surface area (Å²) < 4.78 is 0. The molecular formula is C27H40N2O6. The van der Waals surface area contributed by atoms with Crippen molar-refractivity contribution in [1.29, 1.82) is 0 Å². The van der Waals surface area contributed by atoms with Gasteiger partial charge in [-0.1, -0.05) is 24.6 Å². The van der Waals surface area contributed by atoms with Gasteiger partial charge in [-0.05, 0) is 99.9 Å². The average molecular weight is 489 g/mol. The predicted octanol–water partition coefficient (Wildman–Crippen LogP) is 3.48. The highest BCUT2D eigenvalue weighted by Gasteiger charge is 2.59. The van der Waals surface area contributed by atoms with Crippen molar-refractivity contribution in [3.63, 3.8) is 0 Å². The van der Waals surface area contributed by atoms with E-state index >= 15 is 0 Å². The maximum absolute atomic E-state index is 12.3. The molecule has 0 heterocycles. The van der Waals surface area contributed by atoms with Crippen LogP contribution in [0.5, 0.6) is 0 Å². The summed E-state index contributed by atoms with van der Waals surface area (Å²) in [5.41, 5.74) is 2.53. The van der Waals surface area contributed by atoms with Gasteiger partial charge in [-0.15, -0.1) is 0 Å². The first kappa shape index (κ1) is 25.9. The lowest BCUT2D eigenvalue weighted by atomic mass is 9.46. The highest BCUT2D eigenvalue weighted by molar-refractivity contribution is 5.96. The number of carbonyl (C=O) groups is 3. The number of amides is 1. The van der Waals surface area contributed by atoms with Crippen LogP contribution in [0.15, 0.2) is 16.8 Å². The molecule has 0 aromatic rings. The molecular weight excluding hydrogens is 448 g/mol. The second kappa shape index (κ2) is 9.68. The van der Waals surface area contributed by atoms with Crippen LogP contribution < -0.4 is 5.32 Å². The fraction of sp³-hybridized carbons (Fsp3) is 0.778. The summed E-state index contributed by atoms with van der Waals surface area (Å²) in [6.07, 6.45) is 9.42. The number of Topliss-reactive ketones (excluding diaryl/α,β-unsaturated/α-hetero) is 1. The van der Waals surface area contributed by atoms with E-state index in [1.54, 1.807) is 6.92 Å². The van der Waals surface area contributed by atoms with E-state index in [1.165, 1.54) is 25.3 Å². The van der Waals surface area contributed by atoms with E-state index in [4.69, 9.17) is 9.94 Å². The van der Waals surface area contributed by atoms with E-state index < -0.39 is 30.6 Å². The van der Waals surface area contributed by atoms with Crippen LogP contribution in [-0.2, 0) is 19.2 Å². The second-order valence-electron chi connectivity index (χ2n) is 11.8. The third kappa shape index (κ3) is 4.66. The molecule has 0 bridgehead atoms. The monoisotopic (exact) mass is 488 g/mol. The van der Waals surface area contributed by atoms with Crippen molar-refractivity contribution < 1.29 is 29.4 Å². The molecule has 0 aromatic carbocycles. The van der Waals surface area contributed by atoms with E-state index in [-0.39, 0.29) is 16.7 Å². The molecule has 8 heteroatoms. The van der Waals surface area contributed by atoms with Crippen molar-refractivity contribution in [2.45, 2.75) is 91.2 Å². The van der Waals surface area contributed by atoms with Gasteiger partial charge in [0.25, 0.3) is 5.91 Å². The Labute approximate surface area is 207 Å². The van der Waals surface area contributed by atoms with Crippen molar-refractivity contribution in [1.82, 2.24) is 5.32 Å². The maximum atomic E-state index is 12.3. The first-order valence-electron chi connectivity index (χ1n) is 13.1. The molecule has 0 unspecified atom stereocenters. The predicted molar refractivity (Wildman–Crippen MR) is 131 cm³/mol. The number of allylic oxidation sites excluding steroid dienone is 2. The van der Waals surface area contributed by atoms with E-state index in [1.807, 2.05) is 0 Å². The molecule has 4 aliphatic rings. The smallest absolute Gasteiger partial charge is 0.328 e. The Morgan fingerprint density at radius 2 is 1.89 bits per heavy atom. The zero-order valence-corrected chi connectivity index (χ0v) is 21.4. The van der Waals surface area contributed by atoms with Crippen molar-refractivity contribution in [3.8, 4) is 0 Å². The number of aliphatic carboxylic acids is 1. The number of hydrogen-bond acceptors (Lipinski definition) is 6. The minimum atomic E-state index is -1.38. The van der Waals surface area contributed by atoms with Crippen LogP contribution in [0, 0.1) is 34.5 Å². The van der Waals surface area contributed by atoms with Gasteiger partial charge in [0.15, 0.2) is 12.6 Å². The zero-order valence-electron chi connectivity index (χ0n) is 21.4. The third-order valence-corrected chi connectivity index (χ3v) is 9.91. The van der Waals surface area contributed by atoms with E-state index in [0.29, 0.717) is 23.5 Å². The van der Waals surface area contributed by atoms with Crippen molar-refractivity contribution in [2.75, 3.05) is 6.61 Å². The van der Waals surface area contributed by atoms with Gasteiger partial charge in [0.05, 0.1) is 11.8 Å². The number of ketones is 1. The maximum Gasteiger partial charge on any atom is 0.328 e. The summed E-state index contributed by atoms with van der Waals surface area (Å²) in [7, 11) is 0. The quantitative estimate of drug-likeness (QED) is 0.471. The molecule has 8 nitrogen and oxygen atoms in total. The molecule has 0 aromatic heterocycles. The SMILES string of the molecule is CC(=O)[C@H]1CC[C@H]2[C@@H]3CCC4=C/C(=N/OCC(=O)N[C@@H](C(=O)O)[C@H](C)O)CC[C@]4(C)[C@H]3CC[C@]12C. The number of carboxylic acids is 1. The summed E-state index contributed by atoms with van der Waals surface area (Å²) in [6, 6.07) is -1.38. The molecule has 194 valence electrons. The largest absolute Gasteiger partial charge is 0.480 e. The molecule has 0 spiro atoms. The molecule has 0 aliphatic heterocycles. The lowest BCUT2D eigenvalue weighted by molar-refractivity contribution is -0.145. The summed E-state index contributed by atoms with van der Waals surface area (Å²) in [5.74, 6) is 0.604. The zero-order chi connectivity index (χ0) is 25.5. The number of hydrogen-bond donors (Lipinski definition) is 3. The molecule has 4 rings (SSSR count). The summed E-state index contributed by atoms with van der Waals surface area (Å²) in [6.45, 7) is 7.46. The molecule has 3 fully saturated rings. The Morgan fingerprint density at radius 1 is 1.14 bits per heavy atom. The molecule has 3 saturated carbocycles. The number of fused-ring (bicyclic) bond motifs is 5. The van der Waals surface area contributed by atoms with Crippen LogP contribution in [-0.4, -0.2) is 52.3 Å². The number of aliphatic hydroxyl groups is 1. The van der Waals surface area contributed by atoms with Crippen LogP contribution in [0.2, 0.25) is 0 Å². The van der Waals surface area contributed by atoms with Crippen LogP contribution in [0.3, 0.4) is 0 Å². The van der Waals surface area contributed by atoms with Crippen molar-refractivity contribution in [2.24, 2.45) is 39.7 Å². The molecule has 35 heavy (non-hydrogen) atoms. The first-order chi connectivity index (χ1) is 16.5. The average Bonchev–Trinajstić information content (AvgIpc) is 3.14. The van der Waals surface area contributed by atoms with Gasteiger partial charge in [-0.3, -0.25) is 9.59 Å². The van der Waals surface area contributed by atoms with E-state index in [2.05, 4.69) is 30.4 Å². The van der Waals surface area contributed by atoms with Crippen LogP contribution >= 0.6 is 0 Å². The van der Waals surface area contributed by atoms with Gasteiger partial charge in [-0.2, -0.15) is 0 Å². The second-order valence-corrected chi connectivity index (χ2v) is 11.8. The fourth-order valence-corrected chi connectivity index (χ4v) is 8.09. The number of nitrogens with zero attached hydrogens (tertiary/aromatic N) is 1. The Balaban J connectivity index is 1.40.